The topological polar surface area (TPSA) is 84.2 Å². The number of amides is 2. The Balaban J connectivity index is 1.95. The van der Waals surface area contributed by atoms with Gasteiger partial charge in [0.15, 0.2) is 0 Å². The zero-order valence-electron chi connectivity index (χ0n) is 12.4. The fourth-order valence-electron chi connectivity index (χ4n) is 2.97. The summed E-state index contributed by atoms with van der Waals surface area (Å²) in [5, 5.41) is 6.22. The highest BCUT2D eigenvalue weighted by molar-refractivity contribution is 5.95. The van der Waals surface area contributed by atoms with Gasteiger partial charge in [0.2, 0.25) is 11.8 Å². The summed E-state index contributed by atoms with van der Waals surface area (Å²) < 4.78 is 0. The van der Waals surface area contributed by atoms with Gasteiger partial charge in [0, 0.05) is 23.2 Å². The van der Waals surface area contributed by atoms with E-state index in [1.165, 1.54) is 19.3 Å². The minimum Gasteiger partial charge on any atom is -0.366 e. The molecule has 1 saturated carbocycles. The second-order valence-electron chi connectivity index (χ2n) is 5.76. The van der Waals surface area contributed by atoms with E-state index in [0.717, 1.165) is 12.8 Å². The van der Waals surface area contributed by atoms with Crippen LogP contribution in [0.1, 0.15) is 48.9 Å². The second kappa shape index (κ2) is 6.72. The molecular weight excluding hydrogens is 266 g/mol. The van der Waals surface area contributed by atoms with Crippen LogP contribution in [0.4, 0.5) is 5.69 Å². The van der Waals surface area contributed by atoms with E-state index < -0.39 is 5.91 Å². The van der Waals surface area contributed by atoms with Crippen LogP contribution in [-0.2, 0) is 4.79 Å². The summed E-state index contributed by atoms with van der Waals surface area (Å²) in [5.41, 5.74) is 6.24. The number of nitrogens with one attached hydrogen (secondary N) is 2. The molecule has 2 amide bonds. The Labute approximate surface area is 125 Å². The fraction of sp³-hybridized carbons (Fsp3) is 0.500. The predicted molar refractivity (Wildman–Crippen MR) is 83.1 cm³/mol. The largest absolute Gasteiger partial charge is 0.366 e. The van der Waals surface area contributed by atoms with Crippen LogP contribution in [0.2, 0.25) is 0 Å². The van der Waals surface area contributed by atoms with Gasteiger partial charge < -0.3 is 16.4 Å². The van der Waals surface area contributed by atoms with Crippen LogP contribution in [0, 0.1) is 0 Å². The summed E-state index contributed by atoms with van der Waals surface area (Å²) >= 11 is 0. The van der Waals surface area contributed by atoms with Crippen LogP contribution in [-0.4, -0.2) is 24.4 Å². The number of nitrogens with two attached hydrogens (primary N) is 1. The van der Waals surface area contributed by atoms with Crippen LogP contribution < -0.4 is 16.4 Å². The van der Waals surface area contributed by atoms with E-state index in [1.807, 2.05) is 7.05 Å². The summed E-state index contributed by atoms with van der Waals surface area (Å²) in [6.07, 6.45) is 6.14. The predicted octanol–water partition coefficient (Wildman–Crippen LogP) is 2.04. The zero-order valence-corrected chi connectivity index (χ0v) is 12.4. The fourth-order valence-corrected chi connectivity index (χ4v) is 2.97. The third-order valence-electron chi connectivity index (χ3n) is 4.29. The van der Waals surface area contributed by atoms with Gasteiger partial charge in [0.25, 0.3) is 0 Å². The SMILES string of the molecule is CNC1(CC(=O)Nc2ccc(C(N)=O)cc2)CCCCC1. The lowest BCUT2D eigenvalue weighted by molar-refractivity contribution is -0.117. The van der Waals surface area contributed by atoms with Gasteiger partial charge in [0.05, 0.1) is 0 Å². The first-order valence-electron chi connectivity index (χ1n) is 7.43. The number of primary amides is 1. The molecular formula is C16H23N3O2. The van der Waals surface area contributed by atoms with E-state index in [4.69, 9.17) is 5.73 Å². The number of rotatable bonds is 5. The highest BCUT2D eigenvalue weighted by Crippen LogP contribution is 2.31. The van der Waals surface area contributed by atoms with E-state index in [-0.39, 0.29) is 11.4 Å². The molecule has 1 aliphatic carbocycles. The first-order valence-corrected chi connectivity index (χ1v) is 7.43. The zero-order chi connectivity index (χ0) is 15.3. The van der Waals surface area contributed by atoms with Gasteiger partial charge in [-0.2, -0.15) is 0 Å². The van der Waals surface area contributed by atoms with Crippen molar-refractivity contribution in [2.45, 2.75) is 44.1 Å². The molecule has 0 unspecified atom stereocenters. The molecule has 1 aromatic rings. The van der Waals surface area contributed by atoms with Crippen LogP contribution >= 0.6 is 0 Å². The number of carbonyl (C=O) groups is 2. The van der Waals surface area contributed by atoms with Crippen LogP contribution in [0.3, 0.4) is 0 Å². The van der Waals surface area contributed by atoms with E-state index >= 15 is 0 Å². The Hall–Kier alpha value is -1.88. The average Bonchev–Trinajstić information content (AvgIpc) is 2.48. The molecule has 5 heteroatoms. The molecule has 0 atom stereocenters. The van der Waals surface area contributed by atoms with Crippen molar-refractivity contribution in [1.82, 2.24) is 5.32 Å². The average molecular weight is 289 g/mol. The summed E-state index contributed by atoms with van der Waals surface area (Å²) in [4.78, 5) is 23.2. The Bertz CT molecular complexity index is 505. The molecule has 0 radical (unpaired) electrons. The Morgan fingerprint density at radius 1 is 1.14 bits per heavy atom. The lowest BCUT2D eigenvalue weighted by Gasteiger charge is -2.36. The molecule has 114 valence electrons. The van der Waals surface area contributed by atoms with E-state index in [9.17, 15) is 9.59 Å². The molecule has 0 aliphatic heterocycles. The quantitative estimate of drug-likeness (QED) is 0.775. The van der Waals surface area contributed by atoms with Crippen molar-refractivity contribution >= 4 is 17.5 Å². The van der Waals surface area contributed by atoms with Gasteiger partial charge in [-0.15, -0.1) is 0 Å². The molecule has 2 rings (SSSR count). The molecule has 21 heavy (non-hydrogen) atoms. The van der Waals surface area contributed by atoms with Crippen molar-refractivity contribution in [3.8, 4) is 0 Å². The maximum absolute atomic E-state index is 12.2. The summed E-state index contributed by atoms with van der Waals surface area (Å²) in [7, 11) is 1.93. The van der Waals surface area contributed by atoms with Crippen molar-refractivity contribution in [3.63, 3.8) is 0 Å². The maximum atomic E-state index is 12.2. The molecule has 0 saturated heterocycles. The van der Waals surface area contributed by atoms with E-state index in [2.05, 4.69) is 10.6 Å². The summed E-state index contributed by atoms with van der Waals surface area (Å²) in [6, 6.07) is 6.63. The number of hydrogen-bond acceptors (Lipinski definition) is 3. The number of carbonyl (C=O) groups excluding carboxylic acids is 2. The maximum Gasteiger partial charge on any atom is 0.248 e. The van der Waals surface area contributed by atoms with E-state index in [0.29, 0.717) is 17.7 Å². The highest BCUT2D eigenvalue weighted by atomic mass is 16.2. The number of benzene rings is 1. The molecule has 1 fully saturated rings. The van der Waals surface area contributed by atoms with Gasteiger partial charge in [-0.1, -0.05) is 19.3 Å². The van der Waals surface area contributed by atoms with Crippen LogP contribution in [0.5, 0.6) is 0 Å². The van der Waals surface area contributed by atoms with Crippen molar-refractivity contribution in [2.75, 3.05) is 12.4 Å². The molecule has 0 aromatic heterocycles. The van der Waals surface area contributed by atoms with Crippen molar-refractivity contribution in [3.05, 3.63) is 29.8 Å². The molecule has 0 heterocycles. The monoisotopic (exact) mass is 289 g/mol. The molecule has 4 N–H and O–H groups in total. The minimum absolute atomic E-state index is 0.00178. The summed E-state index contributed by atoms with van der Waals surface area (Å²) in [5.74, 6) is -0.470. The molecule has 5 nitrogen and oxygen atoms in total. The lowest BCUT2D eigenvalue weighted by atomic mass is 9.79. The minimum atomic E-state index is -0.468. The Kier molecular flexibility index (Phi) is 4.96. The van der Waals surface area contributed by atoms with Gasteiger partial charge in [-0.25, -0.2) is 0 Å². The Morgan fingerprint density at radius 3 is 2.29 bits per heavy atom. The standard InChI is InChI=1S/C16H23N3O2/c1-18-16(9-3-2-4-10-16)11-14(20)19-13-7-5-12(6-8-13)15(17)21/h5-8,18H,2-4,9-11H2,1H3,(H2,17,21)(H,19,20). The normalized spacial score (nSPS) is 17.2. The van der Waals surface area contributed by atoms with Crippen molar-refractivity contribution in [1.29, 1.82) is 0 Å². The molecule has 0 bridgehead atoms. The number of hydrogen-bond donors (Lipinski definition) is 3. The first kappa shape index (κ1) is 15.5. The molecule has 1 aliphatic rings. The third-order valence-corrected chi connectivity index (χ3v) is 4.29. The van der Waals surface area contributed by atoms with Gasteiger partial charge in [-0.05, 0) is 44.2 Å². The van der Waals surface area contributed by atoms with Crippen molar-refractivity contribution in [2.24, 2.45) is 5.73 Å². The lowest BCUT2D eigenvalue weighted by Crippen LogP contribution is -2.47. The molecule has 1 aromatic carbocycles. The van der Waals surface area contributed by atoms with Crippen LogP contribution in [0.25, 0.3) is 0 Å². The smallest absolute Gasteiger partial charge is 0.248 e. The third kappa shape index (κ3) is 4.04. The van der Waals surface area contributed by atoms with Gasteiger partial charge in [-0.3, -0.25) is 9.59 Å². The second-order valence-corrected chi connectivity index (χ2v) is 5.76. The van der Waals surface area contributed by atoms with Gasteiger partial charge in [0.1, 0.15) is 0 Å². The van der Waals surface area contributed by atoms with Crippen LogP contribution in [0.15, 0.2) is 24.3 Å². The first-order chi connectivity index (χ1) is 10.0. The Morgan fingerprint density at radius 2 is 1.76 bits per heavy atom. The highest BCUT2D eigenvalue weighted by Gasteiger charge is 2.32. The van der Waals surface area contributed by atoms with Crippen molar-refractivity contribution < 1.29 is 9.59 Å². The number of anilines is 1. The van der Waals surface area contributed by atoms with E-state index in [1.54, 1.807) is 24.3 Å². The molecule has 0 spiro atoms. The summed E-state index contributed by atoms with van der Waals surface area (Å²) in [6.45, 7) is 0. The van der Waals surface area contributed by atoms with Gasteiger partial charge >= 0.3 is 0 Å².